The fourth-order valence-electron chi connectivity index (χ4n) is 4.83. The van der Waals surface area contributed by atoms with Gasteiger partial charge in [0.15, 0.2) is 9.84 Å². The van der Waals surface area contributed by atoms with E-state index in [1.807, 2.05) is 26.0 Å². The van der Waals surface area contributed by atoms with Crippen molar-refractivity contribution in [1.29, 1.82) is 0 Å². The summed E-state index contributed by atoms with van der Waals surface area (Å²) in [5.41, 5.74) is 4.12. The number of benzene rings is 3. The highest BCUT2D eigenvalue weighted by Gasteiger charge is 2.33. The van der Waals surface area contributed by atoms with Crippen molar-refractivity contribution in [3.05, 3.63) is 92.4 Å². The van der Waals surface area contributed by atoms with Crippen LogP contribution in [-0.4, -0.2) is 39.2 Å². The van der Waals surface area contributed by atoms with Gasteiger partial charge in [0.2, 0.25) is 5.91 Å². The third-order valence-corrected chi connectivity index (χ3v) is 8.39. The maximum atomic E-state index is 13.5. The molecular formula is C28H29BrClN3O4S. The standard InChI is InChI=1S/C28H29BrClN3O4S/c1-17-14-21(29)15-18(2)26(17)33-13-5-8-24(27(33)34)31-28(35)32-25(19-9-11-22(30)12-10-19)20-6-4-7-23(16-20)38(3,36)37/h4,6-7,9-12,14-16,24-25H,5,8,13H2,1-3H3,(H2,31,32,35). The minimum absolute atomic E-state index is 0.148. The Morgan fingerprint density at radius 1 is 1.05 bits per heavy atom. The number of halogens is 2. The molecule has 1 saturated heterocycles. The quantitative estimate of drug-likeness (QED) is 0.370. The molecule has 0 spiro atoms. The summed E-state index contributed by atoms with van der Waals surface area (Å²) in [4.78, 5) is 28.6. The normalized spacial score (nSPS) is 16.7. The lowest BCUT2D eigenvalue weighted by atomic mass is 9.98. The Morgan fingerprint density at radius 2 is 1.71 bits per heavy atom. The number of hydrogen-bond donors (Lipinski definition) is 2. The summed E-state index contributed by atoms with van der Waals surface area (Å²) < 4.78 is 25.3. The predicted octanol–water partition coefficient (Wildman–Crippen LogP) is 5.71. The molecular weight excluding hydrogens is 590 g/mol. The monoisotopic (exact) mass is 617 g/mol. The molecule has 200 valence electrons. The number of amides is 3. The molecule has 0 aliphatic carbocycles. The molecule has 0 aromatic heterocycles. The number of aryl methyl sites for hydroxylation is 2. The smallest absolute Gasteiger partial charge is 0.316 e. The predicted molar refractivity (Wildman–Crippen MR) is 154 cm³/mol. The van der Waals surface area contributed by atoms with Crippen LogP contribution in [0.2, 0.25) is 5.02 Å². The summed E-state index contributed by atoms with van der Waals surface area (Å²) >= 11 is 9.57. The molecule has 0 radical (unpaired) electrons. The minimum Gasteiger partial charge on any atom is -0.327 e. The van der Waals surface area contributed by atoms with Crippen LogP contribution in [0.1, 0.15) is 41.1 Å². The van der Waals surface area contributed by atoms with Crippen LogP contribution in [-0.2, 0) is 14.6 Å². The van der Waals surface area contributed by atoms with Gasteiger partial charge in [0, 0.05) is 28.0 Å². The van der Waals surface area contributed by atoms with Crippen LogP contribution in [0.25, 0.3) is 0 Å². The zero-order chi connectivity index (χ0) is 27.6. The van der Waals surface area contributed by atoms with Crippen LogP contribution in [0.4, 0.5) is 10.5 Å². The lowest BCUT2D eigenvalue weighted by Crippen LogP contribution is -2.55. The first kappa shape index (κ1) is 28.1. The summed E-state index contributed by atoms with van der Waals surface area (Å²) in [6, 6.07) is 15.4. The highest BCUT2D eigenvalue weighted by Crippen LogP contribution is 2.31. The molecule has 1 heterocycles. The van der Waals surface area contributed by atoms with Gasteiger partial charge >= 0.3 is 6.03 Å². The highest BCUT2D eigenvalue weighted by atomic mass is 79.9. The number of piperidine rings is 1. The van der Waals surface area contributed by atoms with E-state index in [9.17, 15) is 18.0 Å². The van der Waals surface area contributed by atoms with Gasteiger partial charge in [-0.05, 0) is 85.3 Å². The van der Waals surface area contributed by atoms with Crippen molar-refractivity contribution < 1.29 is 18.0 Å². The number of anilines is 1. The first-order valence-corrected chi connectivity index (χ1v) is 15.2. The van der Waals surface area contributed by atoms with Crippen molar-refractivity contribution in [3.8, 4) is 0 Å². The minimum atomic E-state index is -3.45. The Bertz CT molecular complexity index is 1450. The van der Waals surface area contributed by atoms with Crippen molar-refractivity contribution in [2.45, 2.75) is 43.7 Å². The lowest BCUT2D eigenvalue weighted by Gasteiger charge is -2.35. The lowest BCUT2D eigenvalue weighted by molar-refractivity contribution is -0.121. The Kier molecular flexibility index (Phi) is 8.49. The molecule has 0 bridgehead atoms. The Labute approximate surface area is 236 Å². The average Bonchev–Trinajstić information content (AvgIpc) is 2.84. The van der Waals surface area contributed by atoms with Crippen LogP contribution in [0.3, 0.4) is 0 Å². The molecule has 3 amide bonds. The van der Waals surface area contributed by atoms with E-state index in [1.165, 1.54) is 6.07 Å². The summed E-state index contributed by atoms with van der Waals surface area (Å²) in [7, 11) is -3.45. The second-order valence-electron chi connectivity index (χ2n) is 9.52. The van der Waals surface area contributed by atoms with E-state index in [1.54, 1.807) is 47.4 Å². The number of urea groups is 1. The number of rotatable bonds is 6. The molecule has 7 nitrogen and oxygen atoms in total. The van der Waals surface area contributed by atoms with E-state index in [2.05, 4.69) is 26.6 Å². The van der Waals surface area contributed by atoms with Gasteiger partial charge in [0.25, 0.3) is 0 Å². The van der Waals surface area contributed by atoms with E-state index in [4.69, 9.17) is 11.6 Å². The van der Waals surface area contributed by atoms with Crippen molar-refractivity contribution in [2.75, 3.05) is 17.7 Å². The Morgan fingerprint density at radius 3 is 2.34 bits per heavy atom. The Balaban J connectivity index is 1.58. The largest absolute Gasteiger partial charge is 0.327 e. The molecule has 2 N–H and O–H groups in total. The third kappa shape index (κ3) is 6.39. The van der Waals surface area contributed by atoms with Gasteiger partial charge in [0.05, 0.1) is 10.9 Å². The molecule has 1 aliphatic heterocycles. The van der Waals surface area contributed by atoms with Crippen molar-refractivity contribution in [1.82, 2.24) is 10.6 Å². The third-order valence-electron chi connectivity index (χ3n) is 6.57. The maximum Gasteiger partial charge on any atom is 0.316 e. The first-order valence-electron chi connectivity index (χ1n) is 12.1. The summed E-state index contributed by atoms with van der Waals surface area (Å²) in [5, 5.41) is 6.32. The van der Waals surface area contributed by atoms with Crippen LogP contribution in [0.5, 0.6) is 0 Å². The molecule has 10 heteroatoms. The van der Waals surface area contributed by atoms with Crippen LogP contribution >= 0.6 is 27.5 Å². The highest BCUT2D eigenvalue weighted by molar-refractivity contribution is 9.10. The second kappa shape index (κ2) is 11.5. The number of carbonyl (C=O) groups excluding carboxylic acids is 2. The van der Waals surface area contributed by atoms with Gasteiger partial charge in [-0.25, -0.2) is 13.2 Å². The number of hydrogen-bond acceptors (Lipinski definition) is 4. The second-order valence-corrected chi connectivity index (χ2v) is 12.9. The summed E-state index contributed by atoms with van der Waals surface area (Å²) in [5.74, 6) is -0.165. The maximum absolute atomic E-state index is 13.5. The SMILES string of the molecule is Cc1cc(Br)cc(C)c1N1CCCC(NC(=O)NC(c2ccc(Cl)cc2)c2cccc(S(C)(=O)=O)c2)C1=O. The zero-order valence-corrected chi connectivity index (χ0v) is 24.5. The molecule has 1 aliphatic rings. The van der Waals surface area contributed by atoms with Gasteiger partial charge in [-0.1, -0.05) is 51.8 Å². The van der Waals surface area contributed by atoms with Gasteiger partial charge in [0.1, 0.15) is 6.04 Å². The molecule has 0 saturated carbocycles. The van der Waals surface area contributed by atoms with Gasteiger partial charge < -0.3 is 15.5 Å². The fraction of sp³-hybridized carbons (Fsp3) is 0.286. The van der Waals surface area contributed by atoms with E-state index < -0.39 is 28.0 Å². The van der Waals surface area contributed by atoms with E-state index >= 15 is 0 Å². The average molecular weight is 619 g/mol. The van der Waals surface area contributed by atoms with Crippen LogP contribution in [0, 0.1) is 13.8 Å². The van der Waals surface area contributed by atoms with Crippen LogP contribution < -0.4 is 15.5 Å². The molecule has 2 unspecified atom stereocenters. The van der Waals surface area contributed by atoms with Gasteiger partial charge in [-0.3, -0.25) is 4.79 Å². The molecule has 2 atom stereocenters. The molecule has 1 fully saturated rings. The van der Waals surface area contributed by atoms with Crippen molar-refractivity contribution in [2.24, 2.45) is 0 Å². The van der Waals surface area contributed by atoms with Crippen molar-refractivity contribution in [3.63, 3.8) is 0 Å². The number of nitrogens with zero attached hydrogens (tertiary/aromatic N) is 1. The van der Waals surface area contributed by atoms with Crippen molar-refractivity contribution >= 4 is 55.0 Å². The van der Waals surface area contributed by atoms with Gasteiger partial charge in [-0.2, -0.15) is 0 Å². The molecule has 38 heavy (non-hydrogen) atoms. The molecule has 3 aromatic carbocycles. The molecule has 3 aromatic rings. The van der Waals surface area contributed by atoms with Crippen LogP contribution in [0.15, 0.2) is 70.0 Å². The topological polar surface area (TPSA) is 95.6 Å². The number of nitrogens with one attached hydrogen (secondary N) is 2. The molecule has 4 rings (SSSR count). The van der Waals surface area contributed by atoms with E-state index in [-0.39, 0.29) is 10.8 Å². The Hall–Kier alpha value is -2.88. The first-order chi connectivity index (χ1) is 17.9. The number of carbonyl (C=O) groups is 2. The summed E-state index contributed by atoms with van der Waals surface area (Å²) in [6.07, 6.45) is 2.40. The number of sulfone groups is 1. The zero-order valence-electron chi connectivity index (χ0n) is 21.3. The van der Waals surface area contributed by atoms with E-state index in [0.29, 0.717) is 29.1 Å². The van der Waals surface area contributed by atoms with E-state index in [0.717, 1.165) is 34.0 Å². The van der Waals surface area contributed by atoms with Gasteiger partial charge in [-0.15, -0.1) is 0 Å². The summed E-state index contributed by atoms with van der Waals surface area (Å²) in [6.45, 7) is 4.50. The fourth-order valence-corrected chi connectivity index (χ4v) is 6.32.